The Balaban J connectivity index is 2.68. The van der Waals surface area contributed by atoms with E-state index in [4.69, 9.17) is 0 Å². The van der Waals surface area contributed by atoms with Crippen molar-refractivity contribution >= 4 is 32.6 Å². The molecule has 2 rings (SSSR count). The summed E-state index contributed by atoms with van der Waals surface area (Å²) in [5, 5.41) is 0.304. The number of Topliss-reactive ketones (excluding diaryl/α,β-unsaturated/α-hetero) is 1. The van der Waals surface area contributed by atoms with Crippen molar-refractivity contribution in [1.82, 2.24) is 4.57 Å². The number of ketones is 1. The standard InChI is InChI=1S/C11H7BrF3NO/c1-16-5-8(10(17)11(13,14)15)7-3-2-6(12)4-9(7)16/h2-5H,1H3. The van der Waals surface area contributed by atoms with Gasteiger partial charge in [0.05, 0.1) is 5.56 Å². The number of carbonyl (C=O) groups is 1. The van der Waals surface area contributed by atoms with Crippen LogP contribution in [0.1, 0.15) is 10.4 Å². The molecule has 0 aliphatic rings. The molecule has 0 radical (unpaired) electrons. The lowest BCUT2D eigenvalue weighted by atomic mass is 10.1. The summed E-state index contributed by atoms with van der Waals surface area (Å²) in [6, 6.07) is 4.77. The second-order valence-electron chi connectivity index (χ2n) is 3.64. The van der Waals surface area contributed by atoms with Crippen LogP contribution >= 0.6 is 15.9 Å². The molecule has 1 aromatic carbocycles. The number of aromatic nitrogens is 1. The smallest absolute Gasteiger partial charge is 0.350 e. The average Bonchev–Trinajstić information content (AvgIpc) is 2.53. The predicted molar refractivity (Wildman–Crippen MR) is 61.0 cm³/mol. The summed E-state index contributed by atoms with van der Waals surface area (Å²) in [6.45, 7) is 0. The number of hydrogen-bond donors (Lipinski definition) is 0. The van der Waals surface area contributed by atoms with E-state index in [0.29, 0.717) is 10.9 Å². The molecule has 0 aliphatic carbocycles. The van der Waals surface area contributed by atoms with Gasteiger partial charge in [-0.15, -0.1) is 0 Å². The SMILES string of the molecule is Cn1cc(C(=O)C(F)(F)F)c2ccc(Br)cc21. The molecule has 6 heteroatoms. The van der Waals surface area contributed by atoms with Gasteiger partial charge >= 0.3 is 6.18 Å². The van der Waals surface area contributed by atoms with Crippen molar-refractivity contribution in [3.8, 4) is 0 Å². The number of hydrogen-bond acceptors (Lipinski definition) is 1. The van der Waals surface area contributed by atoms with Gasteiger partial charge in [0.25, 0.3) is 5.78 Å². The van der Waals surface area contributed by atoms with Crippen LogP contribution in [0.15, 0.2) is 28.9 Å². The van der Waals surface area contributed by atoms with Gasteiger partial charge in [0.1, 0.15) is 0 Å². The van der Waals surface area contributed by atoms with Crippen LogP contribution in [0.4, 0.5) is 13.2 Å². The highest BCUT2D eigenvalue weighted by Gasteiger charge is 2.40. The highest BCUT2D eigenvalue weighted by Crippen LogP contribution is 2.29. The number of rotatable bonds is 1. The molecular formula is C11H7BrF3NO. The molecule has 0 amide bonds. The fourth-order valence-corrected chi connectivity index (χ4v) is 2.04. The highest BCUT2D eigenvalue weighted by molar-refractivity contribution is 9.10. The van der Waals surface area contributed by atoms with Gasteiger partial charge in [-0.3, -0.25) is 4.79 Å². The third-order valence-corrected chi connectivity index (χ3v) is 2.95. The van der Waals surface area contributed by atoms with Gasteiger partial charge in [-0.1, -0.05) is 22.0 Å². The maximum absolute atomic E-state index is 12.4. The van der Waals surface area contributed by atoms with E-state index in [-0.39, 0.29) is 5.56 Å². The summed E-state index contributed by atoms with van der Waals surface area (Å²) in [4.78, 5) is 11.2. The summed E-state index contributed by atoms with van der Waals surface area (Å²) in [5.74, 6) is -1.81. The zero-order chi connectivity index (χ0) is 12.8. The quantitative estimate of drug-likeness (QED) is 0.737. The second kappa shape index (κ2) is 3.87. The van der Waals surface area contributed by atoms with Gasteiger partial charge < -0.3 is 4.57 Å². The number of carbonyl (C=O) groups excluding carboxylic acids is 1. The summed E-state index contributed by atoms with van der Waals surface area (Å²) in [6.07, 6.45) is -3.64. The molecule has 0 atom stereocenters. The lowest BCUT2D eigenvalue weighted by molar-refractivity contribution is -0.0884. The Bertz CT molecular complexity index is 601. The monoisotopic (exact) mass is 305 g/mol. The van der Waals surface area contributed by atoms with E-state index in [2.05, 4.69) is 15.9 Å². The van der Waals surface area contributed by atoms with Gasteiger partial charge in [-0.25, -0.2) is 0 Å². The predicted octanol–water partition coefficient (Wildman–Crippen LogP) is 3.69. The molecule has 2 nitrogen and oxygen atoms in total. The Morgan fingerprint density at radius 2 is 2.00 bits per heavy atom. The van der Waals surface area contributed by atoms with Crippen LogP contribution in [0.3, 0.4) is 0 Å². The van der Waals surface area contributed by atoms with Crippen LogP contribution in [0.5, 0.6) is 0 Å². The van der Waals surface area contributed by atoms with Crippen molar-refractivity contribution in [3.63, 3.8) is 0 Å². The molecule has 90 valence electrons. The van der Waals surface area contributed by atoms with Crippen LogP contribution in [-0.2, 0) is 7.05 Å². The van der Waals surface area contributed by atoms with Crippen LogP contribution in [0.25, 0.3) is 10.9 Å². The number of aryl methyl sites for hydroxylation is 1. The first-order chi connectivity index (χ1) is 7.80. The van der Waals surface area contributed by atoms with Crippen LogP contribution in [0, 0.1) is 0 Å². The van der Waals surface area contributed by atoms with E-state index in [0.717, 1.165) is 4.47 Å². The number of alkyl halides is 3. The largest absolute Gasteiger partial charge is 0.454 e. The van der Waals surface area contributed by atoms with Crippen molar-refractivity contribution in [2.24, 2.45) is 7.05 Å². The lowest BCUT2D eigenvalue weighted by Gasteiger charge is -2.03. The van der Waals surface area contributed by atoms with E-state index in [1.165, 1.54) is 16.8 Å². The average molecular weight is 306 g/mol. The second-order valence-corrected chi connectivity index (χ2v) is 4.56. The molecule has 0 saturated heterocycles. The van der Waals surface area contributed by atoms with E-state index in [1.54, 1.807) is 19.2 Å². The van der Waals surface area contributed by atoms with Crippen molar-refractivity contribution in [2.45, 2.75) is 6.18 Å². The lowest BCUT2D eigenvalue weighted by Crippen LogP contribution is -2.22. The summed E-state index contributed by atoms with van der Waals surface area (Å²) >= 11 is 3.23. The van der Waals surface area contributed by atoms with Gasteiger partial charge in [-0.2, -0.15) is 13.2 Å². The van der Waals surface area contributed by atoms with Crippen LogP contribution in [0.2, 0.25) is 0 Å². The number of nitrogens with zero attached hydrogens (tertiary/aromatic N) is 1. The summed E-state index contributed by atoms with van der Waals surface area (Å²) in [5.41, 5.74) is 0.259. The van der Waals surface area contributed by atoms with Crippen LogP contribution < -0.4 is 0 Å². The van der Waals surface area contributed by atoms with Crippen LogP contribution in [-0.4, -0.2) is 16.5 Å². The summed E-state index contributed by atoms with van der Waals surface area (Å²) < 4.78 is 39.4. The van der Waals surface area contributed by atoms with E-state index >= 15 is 0 Å². The van der Waals surface area contributed by atoms with Crippen molar-refractivity contribution in [2.75, 3.05) is 0 Å². The zero-order valence-electron chi connectivity index (χ0n) is 8.68. The Kier molecular flexibility index (Phi) is 2.77. The van der Waals surface area contributed by atoms with E-state index in [9.17, 15) is 18.0 Å². The van der Waals surface area contributed by atoms with Gasteiger partial charge in [-0.05, 0) is 12.1 Å². The molecule has 17 heavy (non-hydrogen) atoms. The highest BCUT2D eigenvalue weighted by atomic mass is 79.9. The number of fused-ring (bicyclic) bond motifs is 1. The third-order valence-electron chi connectivity index (χ3n) is 2.45. The number of benzene rings is 1. The number of halogens is 4. The van der Waals surface area contributed by atoms with Crippen molar-refractivity contribution in [3.05, 3.63) is 34.4 Å². The van der Waals surface area contributed by atoms with Crippen molar-refractivity contribution in [1.29, 1.82) is 0 Å². The first kappa shape index (κ1) is 12.2. The van der Waals surface area contributed by atoms with Gasteiger partial charge in [0.2, 0.25) is 0 Å². The van der Waals surface area contributed by atoms with Gasteiger partial charge in [0, 0.05) is 28.6 Å². The molecule has 1 aromatic heterocycles. The summed E-state index contributed by atoms with van der Waals surface area (Å²) in [7, 11) is 1.60. The maximum atomic E-state index is 12.4. The molecule has 0 aliphatic heterocycles. The Labute approximate surface area is 103 Å². The molecule has 0 unspecified atom stereocenters. The Morgan fingerprint density at radius 3 is 2.59 bits per heavy atom. The molecule has 0 fully saturated rings. The minimum atomic E-state index is -4.85. The Morgan fingerprint density at radius 1 is 1.35 bits per heavy atom. The Hall–Kier alpha value is -1.30. The fraction of sp³-hybridized carbons (Fsp3) is 0.182. The fourth-order valence-electron chi connectivity index (χ4n) is 1.69. The first-order valence-corrected chi connectivity index (χ1v) is 5.46. The molecular weight excluding hydrogens is 299 g/mol. The van der Waals surface area contributed by atoms with E-state index < -0.39 is 12.0 Å². The molecule has 2 aromatic rings. The van der Waals surface area contributed by atoms with Crippen molar-refractivity contribution < 1.29 is 18.0 Å². The molecule has 0 spiro atoms. The third kappa shape index (κ3) is 2.09. The van der Waals surface area contributed by atoms with Gasteiger partial charge in [0.15, 0.2) is 0 Å². The maximum Gasteiger partial charge on any atom is 0.454 e. The minimum absolute atomic E-state index is 0.304. The minimum Gasteiger partial charge on any atom is -0.350 e. The molecule has 0 bridgehead atoms. The first-order valence-electron chi connectivity index (χ1n) is 4.67. The zero-order valence-corrected chi connectivity index (χ0v) is 10.3. The molecule has 0 saturated carbocycles. The molecule has 1 heterocycles. The molecule has 0 N–H and O–H groups in total. The topological polar surface area (TPSA) is 22.0 Å². The normalized spacial score (nSPS) is 12.1. The van der Waals surface area contributed by atoms with E-state index in [1.807, 2.05) is 0 Å².